The van der Waals surface area contributed by atoms with Gasteiger partial charge in [0.2, 0.25) is 10.0 Å². The van der Waals surface area contributed by atoms with Gasteiger partial charge in [-0.3, -0.25) is 9.69 Å². The molecule has 188 valence electrons. The summed E-state index contributed by atoms with van der Waals surface area (Å²) in [5.74, 6) is -0.207. The Labute approximate surface area is 211 Å². The number of aryl methyl sites for hydroxylation is 1. The van der Waals surface area contributed by atoms with E-state index in [4.69, 9.17) is 9.72 Å². The lowest BCUT2D eigenvalue weighted by Gasteiger charge is -2.34. The van der Waals surface area contributed by atoms with Crippen molar-refractivity contribution in [3.8, 4) is 0 Å². The first-order chi connectivity index (χ1) is 16.6. The quantitative estimate of drug-likeness (QED) is 0.477. The molecule has 0 spiro atoms. The number of benzene rings is 2. The average molecular weight is 517 g/mol. The fraction of sp³-hybridized carbons (Fsp3) is 0.440. The molecule has 2 atom stereocenters. The van der Waals surface area contributed by atoms with Gasteiger partial charge in [-0.15, -0.1) is 0 Å². The average Bonchev–Trinajstić information content (AvgIpc) is 3.24. The van der Waals surface area contributed by atoms with E-state index in [0.29, 0.717) is 36.9 Å². The molecule has 1 amide bonds. The number of morpholine rings is 1. The maximum Gasteiger partial charge on any atom is 0.260 e. The van der Waals surface area contributed by atoms with E-state index in [-0.39, 0.29) is 23.0 Å². The van der Waals surface area contributed by atoms with E-state index in [1.165, 1.54) is 27.8 Å². The number of carbonyl (C=O) groups excluding carboxylic acids is 1. The molecule has 3 aromatic rings. The van der Waals surface area contributed by atoms with Crippen LogP contribution in [-0.4, -0.2) is 81.0 Å². The number of amides is 1. The van der Waals surface area contributed by atoms with Gasteiger partial charge in [-0.25, -0.2) is 13.4 Å². The van der Waals surface area contributed by atoms with E-state index in [9.17, 15) is 13.2 Å². The van der Waals surface area contributed by atoms with Gasteiger partial charge in [-0.05, 0) is 70.8 Å². The Morgan fingerprint density at radius 3 is 2.34 bits per heavy atom. The normalized spacial score (nSPS) is 19.4. The van der Waals surface area contributed by atoms with Crippen molar-refractivity contribution in [1.29, 1.82) is 0 Å². The Bertz CT molecular complexity index is 1290. The molecule has 1 fully saturated rings. The lowest BCUT2D eigenvalue weighted by Crippen LogP contribution is -2.48. The molecule has 0 N–H and O–H groups in total. The van der Waals surface area contributed by atoms with Gasteiger partial charge in [0, 0.05) is 31.7 Å². The van der Waals surface area contributed by atoms with Crippen LogP contribution in [-0.2, 0) is 14.8 Å². The SMILES string of the molecule is Cc1cccc2sc(N(CCN(C)C)C(=O)c3ccc(S(=O)(=O)N4CC(C)OC(C)C4)cc3)nc12. The first-order valence-electron chi connectivity index (χ1n) is 11.6. The third kappa shape index (κ3) is 5.57. The second-order valence-electron chi connectivity index (χ2n) is 9.28. The number of thiazole rings is 1. The zero-order valence-corrected chi connectivity index (χ0v) is 22.4. The largest absolute Gasteiger partial charge is 0.373 e. The van der Waals surface area contributed by atoms with Gasteiger partial charge < -0.3 is 9.64 Å². The highest BCUT2D eigenvalue weighted by atomic mass is 32.2. The monoisotopic (exact) mass is 516 g/mol. The van der Waals surface area contributed by atoms with Crippen LogP contribution in [0, 0.1) is 6.92 Å². The second-order valence-corrected chi connectivity index (χ2v) is 12.2. The summed E-state index contributed by atoms with van der Waals surface area (Å²) in [6, 6.07) is 12.2. The summed E-state index contributed by atoms with van der Waals surface area (Å²) < 4.78 is 34.5. The predicted octanol–water partition coefficient (Wildman–Crippen LogP) is 3.61. The number of ether oxygens (including phenoxy) is 1. The van der Waals surface area contributed by atoms with E-state index >= 15 is 0 Å². The molecule has 0 bridgehead atoms. The van der Waals surface area contributed by atoms with Crippen molar-refractivity contribution in [2.75, 3.05) is 45.2 Å². The molecular weight excluding hydrogens is 484 g/mol. The highest BCUT2D eigenvalue weighted by molar-refractivity contribution is 7.89. The van der Waals surface area contributed by atoms with Crippen LogP contribution >= 0.6 is 11.3 Å². The third-order valence-electron chi connectivity index (χ3n) is 5.98. The first-order valence-corrected chi connectivity index (χ1v) is 13.9. The van der Waals surface area contributed by atoms with Gasteiger partial charge in [-0.2, -0.15) is 4.31 Å². The van der Waals surface area contributed by atoms with Crippen molar-refractivity contribution in [2.45, 2.75) is 37.9 Å². The molecule has 4 rings (SSSR count). The standard InChI is InChI=1S/C25H32N4O4S2/c1-17-7-6-8-22-23(17)26-25(34-22)29(14-13-27(4)5)24(30)20-9-11-21(12-10-20)35(31,32)28-15-18(2)33-19(3)16-28/h6-12,18-19H,13-16H2,1-5H3. The van der Waals surface area contributed by atoms with Gasteiger partial charge in [0.15, 0.2) is 5.13 Å². The van der Waals surface area contributed by atoms with Crippen molar-refractivity contribution in [2.24, 2.45) is 0 Å². The van der Waals surface area contributed by atoms with E-state index in [2.05, 4.69) is 0 Å². The minimum atomic E-state index is -3.67. The number of fused-ring (bicyclic) bond motifs is 1. The molecule has 35 heavy (non-hydrogen) atoms. The molecule has 0 aliphatic carbocycles. The zero-order valence-electron chi connectivity index (χ0n) is 20.8. The summed E-state index contributed by atoms with van der Waals surface area (Å²) >= 11 is 1.48. The molecule has 2 aromatic carbocycles. The molecule has 2 unspecified atom stereocenters. The number of likely N-dealkylation sites (N-methyl/N-ethyl adjacent to an activating group) is 1. The number of nitrogens with zero attached hydrogens (tertiary/aromatic N) is 4. The van der Waals surface area contributed by atoms with E-state index in [0.717, 1.165) is 15.8 Å². The molecule has 10 heteroatoms. The Balaban J connectivity index is 1.61. The minimum absolute atomic E-state index is 0.169. The van der Waals surface area contributed by atoms with Gasteiger partial charge >= 0.3 is 0 Å². The summed E-state index contributed by atoms with van der Waals surface area (Å²) in [5.41, 5.74) is 2.37. The van der Waals surface area contributed by atoms with Gasteiger partial charge in [0.1, 0.15) is 0 Å². The van der Waals surface area contributed by atoms with Crippen LogP contribution in [0.2, 0.25) is 0 Å². The molecule has 1 aromatic heterocycles. The van der Waals surface area contributed by atoms with Crippen LogP contribution in [0.25, 0.3) is 10.2 Å². The highest BCUT2D eigenvalue weighted by Gasteiger charge is 2.32. The number of rotatable bonds is 7. The Morgan fingerprint density at radius 1 is 1.09 bits per heavy atom. The van der Waals surface area contributed by atoms with Crippen LogP contribution in [0.5, 0.6) is 0 Å². The zero-order chi connectivity index (χ0) is 25.3. The molecule has 2 heterocycles. The molecule has 8 nitrogen and oxygen atoms in total. The van der Waals surface area contributed by atoms with Crippen molar-refractivity contribution in [1.82, 2.24) is 14.2 Å². The number of hydrogen-bond acceptors (Lipinski definition) is 7. The second kappa shape index (κ2) is 10.3. The van der Waals surface area contributed by atoms with Gasteiger partial charge in [0.25, 0.3) is 5.91 Å². The lowest BCUT2D eigenvalue weighted by atomic mass is 10.2. The van der Waals surface area contributed by atoms with Crippen LogP contribution < -0.4 is 4.90 Å². The van der Waals surface area contributed by atoms with Crippen LogP contribution in [0.15, 0.2) is 47.4 Å². The number of hydrogen-bond donors (Lipinski definition) is 0. The molecule has 1 aliphatic heterocycles. The number of aromatic nitrogens is 1. The third-order valence-corrected chi connectivity index (χ3v) is 8.87. The lowest BCUT2D eigenvalue weighted by molar-refractivity contribution is -0.0440. The van der Waals surface area contributed by atoms with E-state index < -0.39 is 10.0 Å². The van der Waals surface area contributed by atoms with E-state index in [1.54, 1.807) is 17.0 Å². The summed E-state index contributed by atoms with van der Waals surface area (Å²) in [6.45, 7) is 7.49. The van der Waals surface area contributed by atoms with Crippen molar-refractivity contribution in [3.63, 3.8) is 0 Å². The predicted molar refractivity (Wildman–Crippen MR) is 140 cm³/mol. The number of anilines is 1. The number of para-hydroxylation sites is 1. The topological polar surface area (TPSA) is 83.1 Å². The smallest absolute Gasteiger partial charge is 0.260 e. The van der Waals surface area contributed by atoms with E-state index in [1.807, 2.05) is 58.0 Å². The maximum atomic E-state index is 13.6. The summed E-state index contributed by atoms with van der Waals surface area (Å²) in [7, 11) is 0.238. The Kier molecular flexibility index (Phi) is 7.58. The fourth-order valence-corrected chi connectivity index (χ4v) is 6.83. The number of sulfonamides is 1. The summed E-state index contributed by atoms with van der Waals surface area (Å²) in [6.07, 6.45) is -0.339. The molecular formula is C25H32N4O4S2. The van der Waals surface area contributed by atoms with Crippen molar-refractivity contribution in [3.05, 3.63) is 53.6 Å². The molecule has 1 saturated heterocycles. The van der Waals surface area contributed by atoms with Crippen molar-refractivity contribution < 1.29 is 17.9 Å². The fourth-order valence-electron chi connectivity index (χ4n) is 4.18. The number of carbonyl (C=O) groups is 1. The molecule has 0 radical (unpaired) electrons. The molecule has 1 aliphatic rings. The maximum absolute atomic E-state index is 13.6. The summed E-state index contributed by atoms with van der Waals surface area (Å²) in [5, 5.41) is 0.633. The Morgan fingerprint density at radius 2 is 1.74 bits per heavy atom. The first kappa shape index (κ1) is 25.7. The van der Waals surface area contributed by atoms with Crippen LogP contribution in [0.4, 0.5) is 5.13 Å². The van der Waals surface area contributed by atoms with Gasteiger partial charge in [-0.1, -0.05) is 23.5 Å². The van der Waals surface area contributed by atoms with Crippen LogP contribution in [0.1, 0.15) is 29.8 Å². The molecule has 0 saturated carbocycles. The van der Waals surface area contributed by atoms with Crippen molar-refractivity contribution >= 4 is 42.6 Å². The Hall–Kier alpha value is -2.37. The van der Waals surface area contributed by atoms with Crippen LogP contribution in [0.3, 0.4) is 0 Å². The minimum Gasteiger partial charge on any atom is -0.373 e. The summed E-state index contributed by atoms with van der Waals surface area (Å²) in [4.78, 5) is 22.2. The van der Waals surface area contributed by atoms with Gasteiger partial charge in [0.05, 0.1) is 27.3 Å². The highest BCUT2D eigenvalue weighted by Crippen LogP contribution is 2.31.